The maximum Gasteiger partial charge on any atom is 0.350 e. The molecule has 0 aromatic carbocycles. The summed E-state index contributed by atoms with van der Waals surface area (Å²) in [5.74, 6) is 10.4. The number of aliphatic carboxylic acids is 1. The van der Waals surface area contributed by atoms with Crippen molar-refractivity contribution in [3.05, 3.63) is 35.2 Å². The van der Waals surface area contributed by atoms with E-state index in [1.807, 2.05) is 26.8 Å². The van der Waals surface area contributed by atoms with Gasteiger partial charge in [0.2, 0.25) is 0 Å². The van der Waals surface area contributed by atoms with Crippen LogP contribution in [0.15, 0.2) is 12.1 Å². The predicted octanol–water partition coefficient (Wildman–Crippen LogP) is 5.98. The normalized spacial score (nSPS) is 11.4. The lowest BCUT2D eigenvalue weighted by molar-refractivity contribution is -0.139. The Morgan fingerprint density at radius 3 is 1.79 bits per heavy atom. The van der Waals surface area contributed by atoms with Crippen molar-refractivity contribution in [3.8, 4) is 23.7 Å². The Bertz CT molecular complexity index is 1290. The Hall–Kier alpha value is -2.58. The van der Waals surface area contributed by atoms with Crippen LogP contribution in [0.4, 0.5) is 5.69 Å². The highest BCUT2D eigenvalue weighted by atomic mass is 127. The standard InChI is InChI=1S/C16H21NO5S.C12H13IO2S/c1-16(2,3)7-6-10-8-11(13(23-10)15(20)22-5)17-12(9-21-4)14(18)19;1-12(2,3)6-5-8-7-9(13)10(16-8)11(14)15-4/h8,12,17H,9H2,1-5H3,(H,18,19);7H,1-4H3. The molecule has 0 saturated heterocycles. The fraction of sp³-hybridized carbons (Fsp3) is 0.464. The van der Waals surface area contributed by atoms with E-state index in [0.29, 0.717) is 15.4 Å². The first-order chi connectivity index (χ1) is 18.0. The van der Waals surface area contributed by atoms with E-state index in [-0.39, 0.29) is 28.3 Å². The Balaban J connectivity index is 0.000000416. The zero-order chi connectivity index (χ0) is 30.0. The number of carbonyl (C=O) groups is 3. The van der Waals surface area contributed by atoms with Crippen LogP contribution in [0.25, 0.3) is 0 Å². The van der Waals surface area contributed by atoms with Gasteiger partial charge in [-0.2, -0.15) is 0 Å². The first kappa shape index (κ1) is 34.4. The van der Waals surface area contributed by atoms with Crippen LogP contribution in [0.5, 0.6) is 0 Å². The Morgan fingerprint density at radius 2 is 1.36 bits per heavy atom. The molecule has 0 aliphatic carbocycles. The van der Waals surface area contributed by atoms with Crippen LogP contribution in [0, 0.1) is 38.1 Å². The number of carboxylic acid groups (broad SMARTS) is 1. The van der Waals surface area contributed by atoms with Gasteiger partial charge >= 0.3 is 17.9 Å². The fourth-order valence-corrected chi connectivity index (χ4v) is 5.28. The summed E-state index contributed by atoms with van der Waals surface area (Å²) in [6.07, 6.45) is 0. The maximum absolute atomic E-state index is 11.9. The molecule has 212 valence electrons. The lowest BCUT2D eigenvalue weighted by atomic mass is 9.98. The van der Waals surface area contributed by atoms with Gasteiger partial charge < -0.3 is 24.6 Å². The minimum absolute atomic E-state index is 0.0269. The van der Waals surface area contributed by atoms with Crippen LogP contribution in [-0.4, -0.2) is 57.0 Å². The molecule has 2 heterocycles. The third kappa shape index (κ3) is 12.4. The molecule has 0 aliphatic rings. The number of rotatable bonds is 7. The summed E-state index contributed by atoms with van der Waals surface area (Å²) in [5.41, 5.74) is 0.174. The molecular weight excluding hydrogens is 653 g/mol. The number of ether oxygens (including phenoxy) is 3. The molecule has 0 fully saturated rings. The summed E-state index contributed by atoms with van der Waals surface area (Å²) in [6.45, 7) is 12.1. The number of esters is 2. The second kappa shape index (κ2) is 15.3. The second-order valence-corrected chi connectivity index (χ2v) is 13.4. The van der Waals surface area contributed by atoms with Crippen LogP contribution in [0.3, 0.4) is 0 Å². The third-order valence-electron chi connectivity index (χ3n) is 4.24. The van der Waals surface area contributed by atoms with Crippen molar-refractivity contribution < 1.29 is 33.7 Å². The van der Waals surface area contributed by atoms with Gasteiger partial charge in [0.05, 0.1) is 36.3 Å². The average molecular weight is 688 g/mol. The average Bonchev–Trinajstić information content (AvgIpc) is 3.42. The van der Waals surface area contributed by atoms with Crippen molar-refractivity contribution in [2.75, 3.05) is 33.3 Å². The quantitative estimate of drug-likeness (QED) is 0.208. The van der Waals surface area contributed by atoms with E-state index >= 15 is 0 Å². The van der Waals surface area contributed by atoms with Gasteiger partial charge in [0.25, 0.3) is 0 Å². The second-order valence-electron chi connectivity index (χ2n) is 10.1. The number of nitrogens with one attached hydrogen (secondary N) is 1. The first-order valence-corrected chi connectivity index (χ1v) is 14.4. The molecule has 2 aromatic rings. The van der Waals surface area contributed by atoms with Crippen molar-refractivity contribution in [3.63, 3.8) is 0 Å². The highest BCUT2D eigenvalue weighted by Gasteiger charge is 2.23. The van der Waals surface area contributed by atoms with Crippen LogP contribution in [0.2, 0.25) is 0 Å². The van der Waals surface area contributed by atoms with Crippen LogP contribution >= 0.6 is 45.3 Å². The van der Waals surface area contributed by atoms with E-state index in [4.69, 9.17) is 14.2 Å². The third-order valence-corrected chi connectivity index (χ3v) is 7.52. The lowest BCUT2D eigenvalue weighted by Gasteiger charge is -2.14. The Labute approximate surface area is 252 Å². The van der Waals surface area contributed by atoms with Gasteiger partial charge in [0.15, 0.2) is 0 Å². The Morgan fingerprint density at radius 1 is 0.897 bits per heavy atom. The number of carboxylic acids is 1. The number of halogens is 1. The lowest BCUT2D eigenvalue weighted by Crippen LogP contribution is -2.33. The molecule has 0 bridgehead atoms. The monoisotopic (exact) mass is 687 g/mol. The molecule has 0 aliphatic heterocycles. The van der Waals surface area contributed by atoms with Crippen LogP contribution < -0.4 is 5.32 Å². The molecule has 11 heteroatoms. The SMILES string of the molecule is COC(=O)c1sc(C#CC(C)(C)C)cc1I.COCC(Nc1cc(C#CC(C)(C)C)sc1C(=O)OC)C(=O)O. The summed E-state index contributed by atoms with van der Waals surface area (Å²) in [4.78, 5) is 37.0. The van der Waals surface area contributed by atoms with Gasteiger partial charge in [0, 0.05) is 21.5 Å². The number of methoxy groups -OCH3 is 3. The molecule has 0 spiro atoms. The number of hydrogen-bond donors (Lipinski definition) is 2. The number of thiophene rings is 2. The summed E-state index contributed by atoms with van der Waals surface area (Å²) < 4.78 is 15.2. The van der Waals surface area contributed by atoms with E-state index in [1.165, 1.54) is 32.7 Å². The van der Waals surface area contributed by atoms with E-state index in [1.54, 1.807) is 6.07 Å². The minimum Gasteiger partial charge on any atom is -0.480 e. The fourth-order valence-electron chi connectivity index (χ4n) is 2.49. The first-order valence-electron chi connectivity index (χ1n) is 11.7. The molecule has 1 unspecified atom stereocenters. The highest BCUT2D eigenvalue weighted by molar-refractivity contribution is 14.1. The van der Waals surface area contributed by atoms with Gasteiger partial charge in [0.1, 0.15) is 15.8 Å². The predicted molar refractivity (Wildman–Crippen MR) is 164 cm³/mol. The summed E-state index contributed by atoms with van der Waals surface area (Å²) in [6, 6.07) is 2.60. The largest absolute Gasteiger partial charge is 0.480 e. The summed E-state index contributed by atoms with van der Waals surface area (Å²) in [5, 5.41) is 12.0. The zero-order valence-electron chi connectivity index (χ0n) is 23.5. The maximum atomic E-state index is 11.9. The molecule has 2 N–H and O–H groups in total. The molecule has 0 amide bonds. The van der Waals surface area contributed by atoms with Crippen molar-refractivity contribution in [2.24, 2.45) is 10.8 Å². The van der Waals surface area contributed by atoms with Crippen molar-refractivity contribution >= 4 is 68.9 Å². The van der Waals surface area contributed by atoms with E-state index in [9.17, 15) is 19.5 Å². The van der Waals surface area contributed by atoms with Crippen molar-refractivity contribution in [1.82, 2.24) is 0 Å². The summed E-state index contributed by atoms with van der Waals surface area (Å²) in [7, 11) is 4.07. The minimum atomic E-state index is -1.07. The van der Waals surface area contributed by atoms with Crippen molar-refractivity contribution in [2.45, 2.75) is 47.6 Å². The van der Waals surface area contributed by atoms with E-state index in [0.717, 1.165) is 19.8 Å². The molecule has 0 saturated carbocycles. The van der Waals surface area contributed by atoms with Gasteiger partial charge in [-0.3, -0.25) is 0 Å². The van der Waals surface area contributed by atoms with Crippen LogP contribution in [-0.2, 0) is 19.0 Å². The van der Waals surface area contributed by atoms with Gasteiger partial charge in [-0.1, -0.05) is 23.7 Å². The van der Waals surface area contributed by atoms with Crippen molar-refractivity contribution in [1.29, 1.82) is 0 Å². The molecule has 8 nitrogen and oxygen atoms in total. The van der Waals surface area contributed by atoms with Crippen LogP contribution in [0.1, 0.15) is 70.6 Å². The van der Waals surface area contributed by atoms with E-state index < -0.39 is 18.0 Å². The molecule has 1 atom stereocenters. The van der Waals surface area contributed by atoms with Gasteiger partial charge in [-0.25, -0.2) is 14.4 Å². The Kier molecular flexibility index (Phi) is 13.5. The smallest absolute Gasteiger partial charge is 0.350 e. The molecule has 39 heavy (non-hydrogen) atoms. The zero-order valence-corrected chi connectivity index (χ0v) is 27.3. The molecule has 2 aromatic heterocycles. The van der Waals surface area contributed by atoms with Gasteiger partial charge in [-0.05, 0) is 76.3 Å². The topological polar surface area (TPSA) is 111 Å². The highest BCUT2D eigenvalue weighted by Crippen LogP contribution is 2.29. The molecule has 2 rings (SSSR count). The number of hydrogen-bond acceptors (Lipinski definition) is 9. The van der Waals surface area contributed by atoms with E-state index in [2.05, 4.69) is 72.4 Å². The van der Waals surface area contributed by atoms with Gasteiger partial charge in [-0.15, -0.1) is 22.7 Å². The number of anilines is 1. The summed E-state index contributed by atoms with van der Waals surface area (Å²) >= 11 is 4.66. The molecule has 0 radical (unpaired) electrons. The molecular formula is C28H34INO7S2. The number of carbonyl (C=O) groups excluding carboxylic acids is 2.